The fraction of sp³-hybridized carbons (Fsp3) is 0.875. The first-order chi connectivity index (χ1) is 10.8. The first-order valence-corrected chi connectivity index (χ1v) is 8.34. The van der Waals surface area contributed by atoms with Crippen molar-refractivity contribution < 1.29 is 27.9 Å². The molecule has 3 atom stereocenters. The van der Waals surface area contributed by atoms with Crippen molar-refractivity contribution in [3.05, 3.63) is 0 Å². The summed E-state index contributed by atoms with van der Waals surface area (Å²) >= 11 is 0. The number of nitrogens with zero attached hydrogens (tertiary/aromatic N) is 1. The molecule has 1 aliphatic heterocycles. The molecule has 0 aromatic heterocycles. The van der Waals surface area contributed by atoms with Crippen LogP contribution in [0.25, 0.3) is 0 Å². The molecular formula is C16H24F3NO3. The lowest BCUT2D eigenvalue weighted by molar-refractivity contribution is -0.187. The lowest BCUT2D eigenvalue weighted by atomic mass is 9.80. The maximum Gasteiger partial charge on any atom is 0.391 e. The monoisotopic (exact) mass is 335 g/mol. The molecule has 132 valence electrons. The fourth-order valence-corrected chi connectivity index (χ4v) is 3.80. The minimum atomic E-state index is -4.22. The number of hydrogen-bond donors (Lipinski definition) is 1. The summed E-state index contributed by atoms with van der Waals surface area (Å²) in [5.74, 6) is -2.77. The average Bonchev–Trinajstić information content (AvgIpc) is 2.52. The molecule has 0 radical (unpaired) electrons. The van der Waals surface area contributed by atoms with Gasteiger partial charge in [-0.2, -0.15) is 13.2 Å². The molecule has 1 N–H and O–H groups in total. The predicted molar refractivity (Wildman–Crippen MR) is 77.7 cm³/mol. The summed E-state index contributed by atoms with van der Waals surface area (Å²) in [4.78, 5) is 24.9. The third-order valence-electron chi connectivity index (χ3n) is 5.08. The SMILES string of the molecule is O=C(O)CCC1CCCN(C(=O)C2CCCC(C(F)(F)F)C2)C1. The maximum absolute atomic E-state index is 12.9. The van der Waals surface area contributed by atoms with Crippen molar-refractivity contribution in [2.45, 2.75) is 57.5 Å². The van der Waals surface area contributed by atoms with E-state index in [0.29, 0.717) is 32.4 Å². The van der Waals surface area contributed by atoms with Gasteiger partial charge in [-0.25, -0.2) is 0 Å². The Bertz CT molecular complexity index is 439. The second kappa shape index (κ2) is 7.53. The number of amides is 1. The summed E-state index contributed by atoms with van der Waals surface area (Å²) in [6.45, 7) is 1.06. The molecule has 3 unspecified atom stereocenters. The zero-order valence-electron chi connectivity index (χ0n) is 13.1. The predicted octanol–water partition coefficient (Wildman–Crippen LogP) is 3.46. The van der Waals surface area contributed by atoms with Crippen LogP contribution in [-0.4, -0.2) is 41.1 Å². The number of hydrogen-bond acceptors (Lipinski definition) is 2. The van der Waals surface area contributed by atoms with Gasteiger partial charge in [0.05, 0.1) is 5.92 Å². The summed E-state index contributed by atoms with van der Waals surface area (Å²) in [7, 11) is 0. The zero-order chi connectivity index (χ0) is 17.0. The van der Waals surface area contributed by atoms with Crippen molar-refractivity contribution in [2.75, 3.05) is 13.1 Å². The lowest BCUT2D eigenvalue weighted by Gasteiger charge is -2.37. The van der Waals surface area contributed by atoms with E-state index in [1.54, 1.807) is 4.90 Å². The number of carbonyl (C=O) groups excluding carboxylic acids is 1. The van der Waals surface area contributed by atoms with Gasteiger partial charge < -0.3 is 10.0 Å². The largest absolute Gasteiger partial charge is 0.481 e. The highest BCUT2D eigenvalue weighted by molar-refractivity contribution is 5.79. The molecule has 2 aliphatic rings. The van der Waals surface area contributed by atoms with E-state index in [4.69, 9.17) is 5.11 Å². The summed E-state index contributed by atoms with van der Waals surface area (Å²) in [5.41, 5.74) is 0. The number of halogens is 3. The maximum atomic E-state index is 12.9. The van der Waals surface area contributed by atoms with Gasteiger partial charge in [0.2, 0.25) is 5.91 Å². The third-order valence-corrected chi connectivity index (χ3v) is 5.08. The molecule has 1 heterocycles. The Labute approximate surface area is 134 Å². The van der Waals surface area contributed by atoms with Gasteiger partial charge in [-0.3, -0.25) is 9.59 Å². The van der Waals surface area contributed by atoms with Crippen molar-refractivity contribution in [1.82, 2.24) is 4.90 Å². The Hall–Kier alpha value is -1.27. The van der Waals surface area contributed by atoms with Crippen LogP contribution in [0, 0.1) is 17.8 Å². The van der Waals surface area contributed by atoms with Gasteiger partial charge in [-0.1, -0.05) is 6.42 Å². The molecule has 1 amide bonds. The molecule has 2 rings (SSSR count). The van der Waals surface area contributed by atoms with E-state index < -0.39 is 24.0 Å². The van der Waals surface area contributed by atoms with E-state index in [0.717, 1.165) is 12.8 Å². The Morgan fingerprint density at radius 3 is 2.52 bits per heavy atom. The number of rotatable bonds is 4. The van der Waals surface area contributed by atoms with Crippen molar-refractivity contribution in [2.24, 2.45) is 17.8 Å². The smallest absolute Gasteiger partial charge is 0.391 e. The number of aliphatic carboxylic acids is 1. The van der Waals surface area contributed by atoms with E-state index in [9.17, 15) is 22.8 Å². The minimum absolute atomic E-state index is 0.0757. The van der Waals surface area contributed by atoms with Gasteiger partial charge >= 0.3 is 12.1 Å². The first-order valence-electron chi connectivity index (χ1n) is 8.34. The topological polar surface area (TPSA) is 57.6 Å². The highest BCUT2D eigenvalue weighted by Crippen LogP contribution is 2.40. The molecule has 7 heteroatoms. The van der Waals surface area contributed by atoms with E-state index in [-0.39, 0.29) is 31.1 Å². The van der Waals surface area contributed by atoms with Crippen molar-refractivity contribution >= 4 is 11.9 Å². The summed E-state index contributed by atoms with van der Waals surface area (Å²) in [5, 5.41) is 8.74. The number of carbonyl (C=O) groups is 2. The Balaban J connectivity index is 1.90. The van der Waals surface area contributed by atoms with Crippen LogP contribution in [0.15, 0.2) is 0 Å². The molecule has 1 saturated carbocycles. The van der Waals surface area contributed by atoms with Gasteiger partial charge in [-0.05, 0) is 44.4 Å². The molecular weight excluding hydrogens is 311 g/mol. The second-order valence-electron chi connectivity index (χ2n) is 6.83. The molecule has 0 bridgehead atoms. The van der Waals surface area contributed by atoms with Crippen LogP contribution in [0.3, 0.4) is 0 Å². The van der Waals surface area contributed by atoms with Crippen LogP contribution >= 0.6 is 0 Å². The Kier molecular flexibility index (Phi) is 5.92. The molecule has 1 aliphatic carbocycles. The van der Waals surface area contributed by atoms with Gasteiger partial charge in [0, 0.05) is 25.4 Å². The lowest BCUT2D eigenvalue weighted by Crippen LogP contribution is -2.45. The van der Waals surface area contributed by atoms with E-state index in [1.807, 2.05) is 0 Å². The quantitative estimate of drug-likeness (QED) is 0.856. The van der Waals surface area contributed by atoms with Gasteiger partial charge in [0.15, 0.2) is 0 Å². The Morgan fingerprint density at radius 2 is 1.87 bits per heavy atom. The summed E-state index contributed by atoms with van der Waals surface area (Å²) < 4.78 is 38.6. The number of alkyl halides is 3. The number of carboxylic acids is 1. The molecule has 23 heavy (non-hydrogen) atoms. The highest BCUT2D eigenvalue weighted by atomic mass is 19.4. The van der Waals surface area contributed by atoms with Crippen LogP contribution in [0.2, 0.25) is 0 Å². The van der Waals surface area contributed by atoms with Crippen LogP contribution in [0.5, 0.6) is 0 Å². The number of likely N-dealkylation sites (tertiary alicyclic amines) is 1. The van der Waals surface area contributed by atoms with Crippen molar-refractivity contribution in [1.29, 1.82) is 0 Å². The van der Waals surface area contributed by atoms with E-state index in [1.165, 1.54) is 0 Å². The number of carboxylic acid groups (broad SMARTS) is 1. The fourth-order valence-electron chi connectivity index (χ4n) is 3.80. The minimum Gasteiger partial charge on any atom is -0.481 e. The molecule has 0 aromatic carbocycles. The normalized spacial score (nSPS) is 29.3. The van der Waals surface area contributed by atoms with Crippen LogP contribution in [0.1, 0.15) is 51.4 Å². The average molecular weight is 335 g/mol. The van der Waals surface area contributed by atoms with Crippen LogP contribution in [-0.2, 0) is 9.59 Å². The van der Waals surface area contributed by atoms with Crippen LogP contribution in [0.4, 0.5) is 13.2 Å². The molecule has 0 aromatic rings. The summed E-state index contributed by atoms with van der Waals surface area (Å²) in [6, 6.07) is 0. The second-order valence-corrected chi connectivity index (χ2v) is 6.83. The third kappa shape index (κ3) is 5.11. The van der Waals surface area contributed by atoms with Crippen molar-refractivity contribution in [3.8, 4) is 0 Å². The van der Waals surface area contributed by atoms with Crippen LogP contribution < -0.4 is 0 Å². The highest BCUT2D eigenvalue weighted by Gasteiger charge is 2.44. The molecule has 4 nitrogen and oxygen atoms in total. The first kappa shape index (κ1) is 18.1. The standard InChI is InChI=1S/C16H24F3NO3/c17-16(18,19)13-5-1-4-12(9-13)15(23)20-8-2-3-11(10-20)6-7-14(21)22/h11-13H,1-10H2,(H,21,22). The summed E-state index contributed by atoms with van der Waals surface area (Å²) in [6.07, 6.45) is -0.948. The van der Waals surface area contributed by atoms with Gasteiger partial charge in [-0.15, -0.1) is 0 Å². The Morgan fingerprint density at radius 1 is 1.13 bits per heavy atom. The van der Waals surface area contributed by atoms with Gasteiger partial charge in [0.25, 0.3) is 0 Å². The molecule has 0 spiro atoms. The van der Waals surface area contributed by atoms with E-state index >= 15 is 0 Å². The van der Waals surface area contributed by atoms with Gasteiger partial charge in [0.1, 0.15) is 0 Å². The molecule has 2 fully saturated rings. The zero-order valence-corrected chi connectivity index (χ0v) is 13.1. The number of piperidine rings is 1. The van der Waals surface area contributed by atoms with Crippen molar-refractivity contribution in [3.63, 3.8) is 0 Å². The molecule has 1 saturated heterocycles. The van der Waals surface area contributed by atoms with E-state index in [2.05, 4.69) is 0 Å².